The Morgan fingerprint density at radius 2 is 1.89 bits per heavy atom. The third kappa shape index (κ3) is 2.60. The van der Waals surface area contributed by atoms with E-state index in [1.54, 1.807) is 24.3 Å². The van der Waals surface area contributed by atoms with E-state index in [1.165, 1.54) is 10.6 Å². The highest BCUT2D eigenvalue weighted by Gasteiger charge is 2.03. The van der Waals surface area contributed by atoms with Crippen LogP contribution in [0.5, 0.6) is 5.75 Å². The van der Waals surface area contributed by atoms with Crippen molar-refractivity contribution in [3.63, 3.8) is 0 Å². The molecule has 6 nitrogen and oxygen atoms in total. The molecule has 0 unspecified atom stereocenters. The van der Waals surface area contributed by atoms with Gasteiger partial charge in [-0.15, -0.1) is 0 Å². The second-order valence-electron chi connectivity index (χ2n) is 3.93. The molecule has 4 N–H and O–H groups in total. The Bertz CT molecular complexity index is 656. The van der Waals surface area contributed by atoms with Crippen molar-refractivity contribution in [3.8, 4) is 5.75 Å². The van der Waals surface area contributed by atoms with Crippen LogP contribution in [0.4, 0.5) is 5.82 Å². The number of phenols is 1. The first kappa shape index (κ1) is 12.0. The van der Waals surface area contributed by atoms with Crippen LogP contribution in [0.25, 0.3) is 0 Å². The van der Waals surface area contributed by atoms with E-state index in [9.17, 15) is 9.59 Å². The first-order chi connectivity index (χ1) is 8.56. The number of benzene rings is 1. The van der Waals surface area contributed by atoms with Gasteiger partial charge in [0.1, 0.15) is 11.6 Å². The summed E-state index contributed by atoms with van der Waals surface area (Å²) in [7, 11) is 0. The molecule has 0 spiro atoms. The van der Waals surface area contributed by atoms with E-state index in [0.29, 0.717) is 13.0 Å². The summed E-state index contributed by atoms with van der Waals surface area (Å²) in [5.74, 6) is 0.335. The van der Waals surface area contributed by atoms with Gasteiger partial charge in [-0.05, 0) is 24.1 Å². The third-order valence-electron chi connectivity index (χ3n) is 2.63. The Balaban J connectivity index is 2.18. The Hall–Kier alpha value is -2.50. The summed E-state index contributed by atoms with van der Waals surface area (Å²) in [6.45, 7) is 0.367. The molecule has 1 aromatic heterocycles. The van der Waals surface area contributed by atoms with Crippen LogP contribution in [-0.4, -0.2) is 14.7 Å². The lowest BCUT2D eigenvalue weighted by Gasteiger charge is -2.08. The fourth-order valence-corrected chi connectivity index (χ4v) is 1.67. The number of nitrogens with one attached hydrogen (secondary N) is 1. The molecule has 0 bridgehead atoms. The molecule has 0 fully saturated rings. The number of hydrogen-bond acceptors (Lipinski definition) is 4. The summed E-state index contributed by atoms with van der Waals surface area (Å²) >= 11 is 0. The van der Waals surface area contributed by atoms with Crippen molar-refractivity contribution >= 4 is 5.82 Å². The van der Waals surface area contributed by atoms with Crippen LogP contribution in [0.15, 0.2) is 39.9 Å². The Morgan fingerprint density at radius 3 is 2.50 bits per heavy atom. The first-order valence-corrected chi connectivity index (χ1v) is 5.44. The van der Waals surface area contributed by atoms with E-state index in [0.717, 1.165) is 5.56 Å². The van der Waals surface area contributed by atoms with Crippen LogP contribution in [0.3, 0.4) is 0 Å². The predicted octanol–water partition coefficient (Wildman–Crippen LogP) is 0.0671. The van der Waals surface area contributed by atoms with Crippen molar-refractivity contribution in [2.45, 2.75) is 13.0 Å². The predicted molar refractivity (Wildman–Crippen MR) is 67.5 cm³/mol. The smallest absolute Gasteiger partial charge is 0.329 e. The lowest BCUT2D eigenvalue weighted by Crippen LogP contribution is -2.31. The van der Waals surface area contributed by atoms with Crippen molar-refractivity contribution in [2.24, 2.45) is 0 Å². The Labute approximate surface area is 102 Å². The number of phenolic OH excluding ortho intramolecular Hbond substituents is 1. The molecule has 1 heterocycles. The first-order valence-electron chi connectivity index (χ1n) is 5.44. The molecule has 1 aromatic carbocycles. The third-order valence-corrected chi connectivity index (χ3v) is 2.63. The number of nitrogen functional groups attached to an aromatic ring is 1. The van der Waals surface area contributed by atoms with Crippen LogP contribution in [0.1, 0.15) is 5.56 Å². The fraction of sp³-hybridized carbons (Fsp3) is 0.167. The van der Waals surface area contributed by atoms with Crippen LogP contribution >= 0.6 is 0 Å². The van der Waals surface area contributed by atoms with E-state index in [2.05, 4.69) is 4.98 Å². The van der Waals surface area contributed by atoms with Crippen molar-refractivity contribution in [2.75, 3.05) is 5.73 Å². The molecular weight excluding hydrogens is 234 g/mol. The Kier molecular flexibility index (Phi) is 3.18. The van der Waals surface area contributed by atoms with Gasteiger partial charge < -0.3 is 10.8 Å². The number of nitrogens with zero attached hydrogens (tertiary/aromatic N) is 1. The standard InChI is InChI=1S/C12H13N3O3/c13-10-7-11(17)14-12(18)15(10)6-5-8-1-3-9(16)4-2-8/h1-4,7,16H,5-6,13H2,(H,14,17,18). The summed E-state index contributed by atoms with van der Waals surface area (Å²) in [5, 5.41) is 9.15. The minimum Gasteiger partial charge on any atom is -0.508 e. The van der Waals surface area contributed by atoms with E-state index in [1.807, 2.05) is 0 Å². The van der Waals surface area contributed by atoms with Crippen molar-refractivity contribution in [3.05, 3.63) is 56.7 Å². The van der Waals surface area contributed by atoms with Crippen molar-refractivity contribution < 1.29 is 5.11 Å². The number of H-pyrrole nitrogens is 1. The number of nitrogens with two attached hydrogens (primary N) is 1. The second kappa shape index (κ2) is 4.79. The maximum atomic E-state index is 11.5. The van der Waals surface area contributed by atoms with E-state index < -0.39 is 11.2 Å². The maximum absolute atomic E-state index is 11.5. The van der Waals surface area contributed by atoms with Gasteiger partial charge in [-0.3, -0.25) is 14.3 Å². The van der Waals surface area contributed by atoms with Gasteiger partial charge in [0.2, 0.25) is 0 Å². The molecule has 6 heteroatoms. The molecule has 0 aliphatic carbocycles. The lowest BCUT2D eigenvalue weighted by atomic mass is 10.1. The normalized spacial score (nSPS) is 10.4. The number of aryl methyl sites for hydroxylation is 1. The minimum absolute atomic E-state index is 0.141. The highest BCUT2D eigenvalue weighted by atomic mass is 16.3. The average Bonchev–Trinajstić information content (AvgIpc) is 2.30. The summed E-state index contributed by atoms with van der Waals surface area (Å²) in [4.78, 5) is 24.7. The summed E-state index contributed by atoms with van der Waals surface area (Å²) in [5.41, 5.74) is 5.56. The number of aromatic amines is 1. The molecule has 0 aliphatic heterocycles. The zero-order chi connectivity index (χ0) is 13.1. The van der Waals surface area contributed by atoms with E-state index >= 15 is 0 Å². The number of hydrogen-bond donors (Lipinski definition) is 3. The molecule has 2 rings (SSSR count). The van der Waals surface area contributed by atoms with Gasteiger partial charge in [0.15, 0.2) is 0 Å². The molecule has 18 heavy (non-hydrogen) atoms. The molecule has 0 aliphatic rings. The topological polar surface area (TPSA) is 101 Å². The number of aromatic nitrogens is 2. The molecule has 0 radical (unpaired) electrons. The van der Waals surface area contributed by atoms with Gasteiger partial charge in [0.05, 0.1) is 0 Å². The largest absolute Gasteiger partial charge is 0.508 e. The summed E-state index contributed by atoms with van der Waals surface area (Å²) in [6, 6.07) is 7.87. The van der Waals surface area contributed by atoms with Crippen molar-refractivity contribution in [1.29, 1.82) is 0 Å². The monoisotopic (exact) mass is 247 g/mol. The fourth-order valence-electron chi connectivity index (χ4n) is 1.67. The van der Waals surface area contributed by atoms with Crippen LogP contribution in [0.2, 0.25) is 0 Å². The second-order valence-corrected chi connectivity index (χ2v) is 3.93. The van der Waals surface area contributed by atoms with Gasteiger partial charge in [0.25, 0.3) is 5.56 Å². The zero-order valence-electron chi connectivity index (χ0n) is 9.59. The maximum Gasteiger partial charge on any atom is 0.329 e. The Morgan fingerprint density at radius 1 is 1.22 bits per heavy atom. The van der Waals surface area contributed by atoms with Gasteiger partial charge >= 0.3 is 5.69 Å². The quantitative estimate of drug-likeness (QED) is 0.714. The SMILES string of the molecule is Nc1cc(=O)[nH]c(=O)n1CCc1ccc(O)cc1. The van der Waals surface area contributed by atoms with Crippen LogP contribution < -0.4 is 17.0 Å². The lowest BCUT2D eigenvalue weighted by molar-refractivity contribution is 0.475. The van der Waals surface area contributed by atoms with E-state index in [-0.39, 0.29) is 11.6 Å². The van der Waals surface area contributed by atoms with Crippen LogP contribution in [0, 0.1) is 0 Å². The number of rotatable bonds is 3. The van der Waals surface area contributed by atoms with Crippen LogP contribution in [-0.2, 0) is 13.0 Å². The van der Waals surface area contributed by atoms with Gasteiger partial charge in [0, 0.05) is 12.6 Å². The number of aromatic hydroxyl groups is 1. The minimum atomic E-state index is -0.515. The zero-order valence-corrected chi connectivity index (χ0v) is 9.59. The molecule has 0 saturated heterocycles. The molecule has 0 saturated carbocycles. The summed E-state index contributed by atoms with van der Waals surface area (Å²) in [6.07, 6.45) is 0.580. The van der Waals surface area contributed by atoms with Gasteiger partial charge in [-0.1, -0.05) is 12.1 Å². The van der Waals surface area contributed by atoms with Gasteiger partial charge in [-0.25, -0.2) is 4.79 Å². The summed E-state index contributed by atoms with van der Waals surface area (Å²) < 4.78 is 1.30. The average molecular weight is 247 g/mol. The molecule has 0 amide bonds. The number of anilines is 1. The highest BCUT2D eigenvalue weighted by molar-refractivity contribution is 5.28. The van der Waals surface area contributed by atoms with Crippen molar-refractivity contribution in [1.82, 2.24) is 9.55 Å². The van der Waals surface area contributed by atoms with Gasteiger partial charge in [-0.2, -0.15) is 0 Å². The van der Waals surface area contributed by atoms with E-state index in [4.69, 9.17) is 10.8 Å². The highest BCUT2D eigenvalue weighted by Crippen LogP contribution is 2.10. The molecule has 2 aromatic rings. The molecule has 94 valence electrons. The molecule has 0 atom stereocenters. The molecular formula is C12H13N3O3.